The van der Waals surface area contributed by atoms with Crippen LogP contribution in [0.25, 0.3) is 131 Å². The molecule has 4 aliphatic rings. The van der Waals surface area contributed by atoms with Gasteiger partial charge in [0.15, 0.2) is 44.1 Å². The standard InChI is InChI=1S/3C25H27N2.C23H25N2S/c1-14-15(2)17(4)23-22(16(14)3)26(7)24-20-12-18-10-8-9-11-19(18)13-21(20)25(5,6)27(23)24;1-14-15(2)17(4)23-22(16(14)3)26(7)24-21-19-11-9-8-10-18(19)12-13-20(21)25(5,6)27(23)24;1-14-15(2)17(4)23-22(16(14)3)26(7)24-20-13-12-18-10-8-9-11-19(18)21(20)25(5,6)27(23)24;1-12-13(2)15(4)20-19(14(12)3)24(7)22-21-18(23(5,6)25(20)22)16-10-8-9-11-17(16)26-21/h3*8-13H,1-7H3;8-11H,1-7H3/q4*+1. The van der Waals surface area contributed by atoms with Crippen molar-refractivity contribution in [1.82, 2.24) is 18.3 Å². The molecule has 0 saturated heterocycles. The number of thiophene rings is 1. The number of aromatic nitrogens is 8. The van der Waals surface area contributed by atoms with Crippen molar-refractivity contribution in [3.05, 3.63) is 245 Å². The van der Waals surface area contributed by atoms with Gasteiger partial charge in [-0.05, 0) is 267 Å². The highest BCUT2D eigenvalue weighted by Crippen LogP contribution is 2.55. The predicted molar refractivity (Wildman–Crippen MR) is 452 cm³/mol. The molecule has 5 aromatic heterocycles. The zero-order valence-corrected chi connectivity index (χ0v) is 69.5. The second-order valence-corrected chi connectivity index (χ2v) is 35.4. The van der Waals surface area contributed by atoms with Crippen LogP contribution in [-0.2, 0) is 50.3 Å². The van der Waals surface area contributed by atoms with Crippen LogP contribution < -0.4 is 18.3 Å². The molecule has 9 heteroatoms. The van der Waals surface area contributed by atoms with Gasteiger partial charge in [-0.1, -0.05) is 109 Å². The quantitative estimate of drug-likeness (QED) is 0.136. The van der Waals surface area contributed by atoms with E-state index in [0.717, 1.165) is 0 Å². The number of nitrogens with zero attached hydrogens (tertiary/aromatic N) is 8. The average Bonchev–Trinajstić information content (AvgIpc) is 1.54. The van der Waals surface area contributed by atoms with E-state index in [9.17, 15) is 0 Å². The summed E-state index contributed by atoms with van der Waals surface area (Å²) in [4.78, 5) is 1.43. The Labute approximate surface area is 636 Å². The fourth-order valence-electron chi connectivity index (χ4n) is 20.9. The number of fused-ring (bicyclic) bond motifs is 27. The summed E-state index contributed by atoms with van der Waals surface area (Å²) in [7, 11) is 8.94. The van der Waals surface area contributed by atoms with E-state index in [0.29, 0.717) is 0 Å². The zero-order chi connectivity index (χ0) is 76.3. The molecule has 9 heterocycles. The Morgan fingerprint density at radius 3 is 1.10 bits per heavy atom. The highest BCUT2D eigenvalue weighted by molar-refractivity contribution is 7.22. The van der Waals surface area contributed by atoms with Gasteiger partial charge in [0.2, 0.25) is 0 Å². The summed E-state index contributed by atoms with van der Waals surface area (Å²) in [5, 5.41) is 9.40. The first-order valence-corrected chi connectivity index (χ1v) is 39.5. The SMILES string of the molecule is Cc1c(C)c(C)c2c(c1C)n1c([n+]2C)-c2c(ccc3ccccc23)C1(C)C.Cc1c(C)c(C)c2c(c1C)n1c([n+]2C)-c2cc3ccccc3cc2C1(C)C.Cc1c(C)c(C)c2c(c1C)n1c([n+]2C)-c2ccc3ccccc3c2C1(C)C.Cc1c(C)c(C)c2c(c1C)n1c([n+]2C)-c2sc3ccccc3c2C1(C)C. The lowest BCUT2D eigenvalue weighted by Gasteiger charge is -2.21. The molecule has 16 aromatic rings. The van der Waals surface area contributed by atoms with Crippen LogP contribution in [0.2, 0.25) is 0 Å². The molecule has 540 valence electrons. The third-order valence-electron chi connectivity index (χ3n) is 27.9. The third-order valence-corrected chi connectivity index (χ3v) is 29.0. The fraction of sp³-hybridized carbons (Fsp3) is 0.327. The average molecular weight is 1430 g/mol. The van der Waals surface area contributed by atoms with E-state index in [1.165, 1.54) is 243 Å². The van der Waals surface area contributed by atoms with Gasteiger partial charge in [0.1, 0.15) is 27.0 Å². The third kappa shape index (κ3) is 8.95. The van der Waals surface area contributed by atoms with Crippen LogP contribution in [0.15, 0.2) is 133 Å². The Morgan fingerprint density at radius 2 is 0.607 bits per heavy atom. The topological polar surface area (TPSA) is 35.2 Å². The molecule has 11 aromatic carbocycles. The molecule has 0 amide bonds. The lowest BCUT2D eigenvalue weighted by atomic mass is 9.87. The van der Waals surface area contributed by atoms with Crippen LogP contribution in [0.1, 0.15) is 167 Å². The molecule has 0 spiro atoms. The van der Waals surface area contributed by atoms with E-state index in [2.05, 4.69) is 364 Å². The minimum Gasteiger partial charge on any atom is -0.225 e. The number of hydrogen-bond donors (Lipinski definition) is 0. The van der Waals surface area contributed by atoms with Crippen LogP contribution in [0, 0.1) is 111 Å². The summed E-state index contributed by atoms with van der Waals surface area (Å²) in [6.07, 6.45) is 0. The van der Waals surface area contributed by atoms with Gasteiger partial charge in [0.25, 0.3) is 17.5 Å². The van der Waals surface area contributed by atoms with Crippen molar-refractivity contribution in [2.24, 2.45) is 28.2 Å². The molecule has 0 fully saturated rings. The van der Waals surface area contributed by atoms with Crippen molar-refractivity contribution in [2.45, 2.75) is 188 Å². The van der Waals surface area contributed by atoms with Crippen LogP contribution in [0.4, 0.5) is 0 Å². The Bertz CT molecular complexity index is 6670. The summed E-state index contributed by atoms with van der Waals surface area (Å²) >= 11 is 1.94. The molecule has 20 rings (SSSR count). The maximum Gasteiger partial charge on any atom is 0.301 e. The second-order valence-electron chi connectivity index (χ2n) is 34.4. The molecule has 0 aliphatic carbocycles. The minimum atomic E-state index is -0.0933. The van der Waals surface area contributed by atoms with E-state index in [4.69, 9.17) is 0 Å². The van der Waals surface area contributed by atoms with Crippen LogP contribution in [-0.4, -0.2) is 18.3 Å². The molecule has 0 saturated carbocycles. The summed E-state index contributed by atoms with van der Waals surface area (Å²) in [6, 6.07) is 49.1. The zero-order valence-electron chi connectivity index (χ0n) is 68.7. The first kappa shape index (κ1) is 70.0. The van der Waals surface area contributed by atoms with E-state index in [1.807, 2.05) is 11.3 Å². The molecule has 0 N–H and O–H groups in total. The van der Waals surface area contributed by atoms with Gasteiger partial charge in [0, 0.05) is 76.8 Å². The summed E-state index contributed by atoms with van der Waals surface area (Å²) in [5.74, 6) is 5.34. The molecule has 107 heavy (non-hydrogen) atoms. The summed E-state index contributed by atoms with van der Waals surface area (Å²) in [5.41, 5.74) is 43.2. The van der Waals surface area contributed by atoms with Crippen molar-refractivity contribution in [1.29, 1.82) is 0 Å². The molecule has 0 radical (unpaired) electrons. The maximum atomic E-state index is 2.60. The number of aryl methyl sites for hydroxylation is 12. The first-order valence-electron chi connectivity index (χ1n) is 38.7. The first-order chi connectivity index (χ1) is 50.5. The largest absolute Gasteiger partial charge is 0.301 e. The van der Waals surface area contributed by atoms with Gasteiger partial charge in [0.05, 0.1) is 44.9 Å². The Balaban J connectivity index is 0.000000105. The number of benzene rings is 11. The van der Waals surface area contributed by atoms with Crippen LogP contribution in [0.5, 0.6) is 0 Å². The molecule has 0 atom stereocenters. The van der Waals surface area contributed by atoms with Crippen LogP contribution in [0.3, 0.4) is 0 Å². The lowest BCUT2D eigenvalue weighted by molar-refractivity contribution is -0.634. The highest BCUT2D eigenvalue weighted by atomic mass is 32.1. The normalized spacial score (nSPS) is 14.8. The molecule has 0 bridgehead atoms. The van der Waals surface area contributed by atoms with E-state index >= 15 is 0 Å². The monoisotopic (exact) mass is 1430 g/mol. The van der Waals surface area contributed by atoms with E-state index in [1.54, 1.807) is 0 Å². The summed E-state index contributed by atoms with van der Waals surface area (Å²) < 4.78 is 21.5. The Kier molecular flexibility index (Phi) is 15.2. The van der Waals surface area contributed by atoms with Crippen molar-refractivity contribution in [3.63, 3.8) is 0 Å². The second kappa shape index (κ2) is 23.3. The molecular weight excluding hydrogens is 1320 g/mol. The number of hydrogen-bond acceptors (Lipinski definition) is 1. The molecule has 8 nitrogen and oxygen atoms in total. The lowest BCUT2D eigenvalue weighted by Crippen LogP contribution is -2.30. The van der Waals surface area contributed by atoms with Crippen molar-refractivity contribution < 1.29 is 18.3 Å². The van der Waals surface area contributed by atoms with E-state index < -0.39 is 0 Å². The predicted octanol–water partition coefficient (Wildman–Crippen LogP) is 22.5. The smallest absolute Gasteiger partial charge is 0.225 e. The van der Waals surface area contributed by atoms with Gasteiger partial charge >= 0.3 is 5.82 Å². The Morgan fingerprint density at radius 1 is 0.271 bits per heavy atom. The Hall–Kier alpha value is -9.96. The minimum absolute atomic E-state index is 0.0529. The molecule has 4 aliphatic heterocycles. The van der Waals surface area contributed by atoms with Gasteiger partial charge in [-0.25, -0.2) is 36.5 Å². The molecular formula is C98H106N8S+4. The van der Waals surface area contributed by atoms with Crippen molar-refractivity contribution in [3.8, 4) is 44.9 Å². The van der Waals surface area contributed by atoms with Gasteiger partial charge in [-0.15, -0.1) is 11.3 Å². The highest BCUT2D eigenvalue weighted by Gasteiger charge is 2.53. The van der Waals surface area contributed by atoms with Crippen molar-refractivity contribution in [2.75, 3.05) is 0 Å². The van der Waals surface area contributed by atoms with Gasteiger partial charge < -0.3 is 0 Å². The van der Waals surface area contributed by atoms with Gasteiger partial charge in [-0.3, -0.25) is 0 Å². The van der Waals surface area contributed by atoms with Crippen molar-refractivity contribution >= 4 is 97.9 Å². The fourth-order valence-corrected chi connectivity index (χ4v) is 22.4. The number of imidazole rings is 4. The number of rotatable bonds is 0. The van der Waals surface area contributed by atoms with Gasteiger partial charge in [-0.2, -0.15) is 0 Å². The molecule has 0 unspecified atom stereocenters. The van der Waals surface area contributed by atoms with E-state index in [-0.39, 0.29) is 22.2 Å². The maximum absolute atomic E-state index is 2.60. The van der Waals surface area contributed by atoms with Crippen LogP contribution >= 0.6 is 11.3 Å². The summed E-state index contributed by atoms with van der Waals surface area (Å²) in [6.45, 7) is 55.3.